The Kier molecular flexibility index (Phi) is 3.96. The van der Waals surface area contributed by atoms with Crippen LogP contribution in [0.2, 0.25) is 0 Å². The number of aromatic nitrogens is 3. The molecule has 2 aromatic heterocycles. The molecule has 0 saturated carbocycles. The smallest absolute Gasteiger partial charge is 0.112 e. The Bertz CT molecular complexity index is 831. The zero-order valence-electron chi connectivity index (χ0n) is 14.4. The zero-order valence-corrected chi connectivity index (χ0v) is 15.2. The molecule has 3 unspecified atom stereocenters. The third-order valence-electron chi connectivity index (χ3n) is 5.61. The molecule has 4 rings (SSSR count). The molecule has 0 saturated heterocycles. The lowest BCUT2D eigenvalue weighted by Gasteiger charge is -2.48. The molecule has 0 spiro atoms. The average molecular weight is 354 g/mol. The van der Waals surface area contributed by atoms with Gasteiger partial charge in [0.05, 0.1) is 17.1 Å². The first-order chi connectivity index (χ1) is 12.0. The van der Waals surface area contributed by atoms with E-state index in [4.69, 9.17) is 0 Å². The molecule has 25 heavy (non-hydrogen) atoms. The number of aliphatic hydroxyl groups excluding tert-OH is 1. The van der Waals surface area contributed by atoms with Crippen LogP contribution in [0.5, 0.6) is 0 Å². The Morgan fingerprint density at radius 3 is 3.00 bits per heavy atom. The van der Waals surface area contributed by atoms with Crippen LogP contribution in [-0.2, 0) is 11.8 Å². The normalized spacial score (nSPS) is 31.9. The van der Waals surface area contributed by atoms with Crippen molar-refractivity contribution in [1.82, 2.24) is 19.9 Å². The zero-order chi connectivity index (χ0) is 17.5. The van der Waals surface area contributed by atoms with Crippen molar-refractivity contribution in [1.29, 1.82) is 0 Å². The van der Waals surface area contributed by atoms with Gasteiger partial charge in [-0.3, -0.25) is 14.8 Å². The van der Waals surface area contributed by atoms with Crippen LogP contribution in [0.25, 0.3) is 0 Å². The minimum Gasteiger partial charge on any atom is -0.508 e. The Balaban J connectivity index is 1.88. The molecule has 0 radical (unpaired) electrons. The van der Waals surface area contributed by atoms with Crippen molar-refractivity contribution in [3.05, 3.63) is 71.5 Å². The highest BCUT2D eigenvalue weighted by Crippen LogP contribution is 2.58. The molecule has 130 valence electrons. The Morgan fingerprint density at radius 1 is 1.32 bits per heavy atom. The van der Waals surface area contributed by atoms with Gasteiger partial charge < -0.3 is 5.11 Å². The Morgan fingerprint density at radius 2 is 2.20 bits per heavy atom. The van der Waals surface area contributed by atoms with Gasteiger partial charge in [0.1, 0.15) is 5.76 Å². The van der Waals surface area contributed by atoms with Crippen molar-refractivity contribution < 1.29 is 5.11 Å². The first-order valence-electron chi connectivity index (χ1n) is 8.48. The van der Waals surface area contributed by atoms with Crippen LogP contribution in [0, 0.1) is 5.41 Å². The number of rotatable bonds is 2. The summed E-state index contributed by atoms with van der Waals surface area (Å²) in [4.78, 5) is 4.62. The SMILES string of the molecule is CC1(c2ccccn2)C=C(O)C=CC1(C)C1SNCCc2[nH]ncc21. The van der Waals surface area contributed by atoms with Gasteiger partial charge in [-0.05, 0) is 31.2 Å². The number of fused-ring (bicyclic) bond motifs is 1. The number of allylic oxidation sites excluding steroid dienone is 3. The van der Waals surface area contributed by atoms with Gasteiger partial charge in [-0.2, -0.15) is 5.10 Å². The van der Waals surface area contributed by atoms with E-state index in [1.54, 1.807) is 18.0 Å². The molecule has 2 aliphatic rings. The molecule has 3 atom stereocenters. The summed E-state index contributed by atoms with van der Waals surface area (Å²) in [7, 11) is 0. The number of pyridine rings is 1. The van der Waals surface area contributed by atoms with Gasteiger partial charge in [0, 0.05) is 41.2 Å². The second-order valence-electron chi connectivity index (χ2n) is 7.05. The summed E-state index contributed by atoms with van der Waals surface area (Å²) >= 11 is 1.73. The van der Waals surface area contributed by atoms with Crippen molar-refractivity contribution in [2.75, 3.05) is 6.54 Å². The lowest BCUT2D eigenvalue weighted by atomic mass is 9.58. The van der Waals surface area contributed by atoms with Crippen molar-refractivity contribution in [2.24, 2.45) is 5.41 Å². The van der Waals surface area contributed by atoms with Crippen LogP contribution < -0.4 is 4.72 Å². The third-order valence-corrected chi connectivity index (χ3v) is 6.96. The minimum absolute atomic E-state index is 0.136. The molecular weight excluding hydrogens is 332 g/mol. The predicted molar refractivity (Wildman–Crippen MR) is 100 cm³/mol. The second kappa shape index (κ2) is 6.04. The summed E-state index contributed by atoms with van der Waals surface area (Å²) in [6, 6.07) is 5.95. The number of hydrogen-bond acceptors (Lipinski definition) is 5. The first-order valence-corrected chi connectivity index (χ1v) is 9.36. The highest BCUT2D eigenvalue weighted by atomic mass is 32.2. The molecule has 3 heterocycles. The lowest BCUT2D eigenvalue weighted by Crippen LogP contribution is -2.45. The lowest BCUT2D eigenvalue weighted by molar-refractivity contribution is 0.242. The van der Waals surface area contributed by atoms with Crippen LogP contribution in [0.1, 0.15) is 36.0 Å². The maximum Gasteiger partial charge on any atom is 0.112 e. The molecule has 1 aliphatic carbocycles. The Labute approximate surface area is 151 Å². The quantitative estimate of drug-likeness (QED) is 0.719. The van der Waals surface area contributed by atoms with Gasteiger partial charge >= 0.3 is 0 Å². The molecule has 0 aromatic carbocycles. The monoisotopic (exact) mass is 354 g/mol. The van der Waals surface area contributed by atoms with E-state index in [0.717, 1.165) is 18.7 Å². The standard InChI is InChI=1S/C19H22N4OS/c1-18(17-14-12-21-23-15(14)7-10-22-25-17)8-6-13(24)11-19(18,2)16-5-3-4-9-20-16/h3-6,8-9,11-12,17,22,24H,7,10H2,1-2H3,(H,21,23). The molecule has 2 aromatic rings. The van der Waals surface area contributed by atoms with E-state index in [9.17, 15) is 5.11 Å². The molecule has 0 bridgehead atoms. The van der Waals surface area contributed by atoms with Crippen LogP contribution in [0.15, 0.2) is 54.6 Å². The summed E-state index contributed by atoms with van der Waals surface area (Å²) < 4.78 is 3.48. The summed E-state index contributed by atoms with van der Waals surface area (Å²) in [6.45, 7) is 5.29. The summed E-state index contributed by atoms with van der Waals surface area (Å²) in [6.07, 6.45) is 10.5. The molecule has 6 heteroatoms. The number of nitrogens with zero attached hydrogens (tertiary/aromatic N) is 2. The van der Waals surface area contributed by atoms with Crippen LogP contribution >= 0.6 is 11.9 Å². The fourth-order valence-corrected chi connectivity index (χ4v) is 5.17. The van der Waals surface area contributed by atoms with Crippen molar-refractivity contribution in [3.8, 4) is 0 Å². The van der Waals surface area contributed by atoms with E-state index in [1.807, 2.05) is 36.7 Å². The maximum absolute atomic E-state index is 10.3. The summed E-state index contributed by atoms with van der Waals surface area (Å²) in [5.74, 6) is 0.282. The van der Waals surface area contributed by atoms with Crippen molar-refractivity contribution in [3.63, 3.8) is 0 Å². The second-order valence-corrected chi connectivity index (χ2v) is 8.04. The summed E-state index contributed by atoms with van der Waals surface area (Å²) in [5.41, 5.74) is 2.60. The van der Waals surface area contributed by atoms with Gasteiger partial charge in [0.2, 0.25) is 0 Å². The van der Waals surface area contributed by atoms with Crippen LogP contribution in [0.3, 0.4) is 0 Å². The topological polar surface area (TPSA) is 73.8 Å². The molecule has 5 nitrogen and oxygen atoms in total. The fourth-order valence-electron chi connectivity index (χ4n) is 3.89. The molecule has 0 amide bonds. The largest absolute Gasteiger partial charge is 0.508 e. The van der Waals surface area contributed by atoms with Crippen LogP contribution in [0.4, 0.5) is 0 Å². The molecular formula is C19H22N4OS. The van der Waals surface area contributed by atoms with E-state index < -0.39 is 5.41 Å². The average Bonchev–Trinajstić information content (AvgIpc) is 2.98. The number of nitrogens with one attached hydrogen (secondary N) is 2. The van der Waals surface area contributed by atoms with E-state index in [1.165, 1.54) is 11.3 Å². The van der Waals surface area contributed by atoms with Crippen LogP contribution in [-0.4, -0.2) is 26.8 Å². The van der Waals surface area contributed by atoms with Gasteiger partial charge in [0.15, 0.2) is 0 Å². The number of hydrogen-bond donors (Lipinski definition) is 3. The van der Waals surface area contributed by atoms with Gasteiger partial charge in [-0.15, -0.1) is 0 Å². The first kappa shape index (κ1) is 16.4. The molecule has 3 N–H and O–H groups in total. The van der Waals surface area contributed by atoms with E-state index >= 15 is 0 Å². The highest BCUT2D eigenvalue weighted by molar-refractivity contribution is 7.97. The molecule has 0 fully saturated rings. The number of aromatic amines is 1. The predicted octanol–water partition coefficient (Wildman–Crippen LogP) is 3.62. The van der Waals surface area contributed by atoms with E-state index in [-0.39, 0.29) is 16.4 Å². The van der Waals surface area contributed by atoms with Gasteiger partial charge in [-0.25, -0.2) is 0 Å². The Hall–Kier alpha value is -2.05. The van der Waals surface area contributed by atoms with Gasteiger partial charge in [0.25, 0.3) is 0 Å². The number of aliphatic hydroxyl groups is 1. The van der Waals surface area contributed by atoms with E-state index in [0.29, 0.717) is 0 Å². The third kappa shape index (κ3) is 2.51. The van der Waals surface area contributed by atoms with Crippen molar-refractivity contribution >= 4 is 11.9 Å². The van der Waals surface area contributed by atoms with Crippen molar-refractivity contribution in [2.45, 2.75) is 30.9 Å². The highest BCUT2D eigenvalue weighted by Gasteiger charge is 2.52. The minimum atomic E-state index is -0.453. The van der Waals surface area contributed by atoms with Gasteiger partial charge in [-0.1, -0.05) is 31.0 Å². The van der Waals surface area contributed by atoms with E-state index in [2.05, 4.69) is 39.8 Å². The maximum atomic E-state index is 10.3. The number of H-pyrrole nitrogens is 1. The fraction of sp³-hybridized carbons (Fsp3) is 0.368. The summed E-state index contributed by atoms with van der Waals surface area (Å²) in [5, 5.41) is 17.8. The molecule has 1 aliphatic heterocycles.